The molecule has 1 fully saturated rings. The van der Waals surface area contributed by atoms with Crippen LogP contribution in [-0.4, -0.2) is 48.7 Å². The van der Waals surface area contributed by atoms with Gasteiger partial charge in [-0.15, -0.1) is 0 Å². The number of phenolic OH excluding ortho intramolecular Hbond substituents is 1. The average Bonchev–Trinajstić information content (AvgIpc) is 2.53. The quantitative estimate of drug-likeness (QED) is 0.871. The Hall–Kier alpha value is -1.75. The summed E-state index contributed by atoms with van der Waals surface area (Å²) in [7, 11) is 1.55. The Balaban J connectivity index is 2.08. The number of hydrogen-bond donors (Lipinski definition) is 2. The second-order valence-corrected chi connectivity index (χ2v) is 5.43. The molecule has 0 spiro atoms. The van der Waals surface area contributed by atoms with E-state index in [1.807, 2.05) is 4.90 Å². The number of benzene rings is 1. The second kappa shape index (κ2) is 7.31. The van der Waals surface area contributed by atoms with Crippen LogP contribution in [0.5, 0.6) is 11.5 Å². The molecule has 5 heteroatoms. The molecule has 2 N–H and O–H groups in total. The van der Waals surface area contributed by atoms with Crippen LogP contribution in [-0.2, 0) is 0 Å². The molecular weight excluding hydrogens is 268 g/mol. The molecule has 116 valence electrons. The standard InChI is InChI=1S/C16H24N2O3/c1-3-8-17-12-5-4-9-18(11-12)16(20)14-10-13(21-2)6-7-15(14)19/h6-7,10,12,17,19H,3-5,8-9,11H2,1-2H3. The number of hydrogen-bond acceptors (Lipinski definition) is 4. The molecule has 1 aromatic rings. The molecule has 1 heterocycles. The zero-order chi connectivity index (χ0) is 15.2. The topological polar surface area (TPSA) is 61.8 Å². The number of phenols is 1. The molecule has 0 aliphatic carbocycles. The van der Waals surface area contributed by atoms with Crippen LogP contribution in [0.2, 0.25) is 0 Å². The van der Waals surface area contributed by atoms with Gasteiger partial charge in [0.2, 0.25) is 0 Å². The molecule has 0 radical (unpaired) electrons. The molecule has 0 aromatic heterocycles. The maximum atomic E-state index is 12.6. The van der Waals surface area contributed by atoms with Crippen LogP contribution in [0.3, 0.4) is 0 Å². The number of carbonyl (C=O) groups excluding carboxylic acids is 1. The van der Waals surface area contributed by atoms with Crippen LogP contribution < -0.4 is 10.1 Å². The lowest BCUT2D eigenvalue weighted by atomic mass is 10.0. The highest BCUT2D eigenvalue weighted by atomic mass is 16.5. The molecule has 1 saturated heterocycles. The first kappa shape index (κ1) is 15.6. The Labute approximate surface area is 125 Å². The van der Waals surface area contributed by atoms with E-state index in [-0.39, 0.29) is 11.7 Å². The summed E-state index contributed by atoms with van der Waals surface area (Å²) in [5.74, 6) is 0.452. The van der Waals surface area contributed by atoms with E-state index in [2.05, 4.69) is 12.2 Å². The minimum Gasteiger partial charge on any atom is -0.507 e. The van der Waals surface area contributed by atoms with Gasteiger partial charge in [-0.1, -0.05) is 6.92 Å². The first-order chi connectivity index (χ1) is 10.2. The lowest BCUT2D eigenvalue weighted by Crippen LogP contribution is -2.48. The summed E-state index contributed by atoms with van der Waals surface area (Å²) in [6, 6.07) is 5.09. The fourth-order valence-electron chi connectivity index (χ4n) is 2.66. The molecule has 0 bridgehead atoms. The lowest BCUT2D eigenvalue weighted by Gasteiger charge is -2.33. The Kier molecular flexibility index (Phi) is 5.44. The minimum absolute atomic E-state index is 0.00411. The highest BCUT2D eigenvalue weighted by Crippen LogP contribution is 2.25. The Morgan fingerprint density at radius 1 is 1.52 bits per heavy atom. The monoisotopic (exact) mass is 292 g/mol. The van der Waals surface area contributed by atoms with Crippen molar-refractivity contribution < 1.29 is 14.6 Å². The zero-order valence-corrected chi connectivity index (χ0v) is 12.8. The first-order valence-electron chi connectivity index (χ1n) is 7.55. The number of rotatable bonds is 5. The SMILES string of the molecule is CCCNC1CCCN(C(=O)c2cc(OC)ccc2O)C1. The van der Waals surface area contributed by atoms with Crippen molar-refractivity contribution in [3.8, 4) is 11.5 Å². The van der Waals surface area contributed by atoms with E-state index in [1.165, 1.54) is 6.07 Å². The van der Waals surface area contributed by atoms with E-state index in [9.17, 15) is 9.90 Å². The van der Waals surface area contributed by atoms with Crippen LogP contribution in [0.15, 0.2) is 18.2 Å². The second-order valence-electron chi connectivity index (χ2n) is 5.43. The van der Waals surface area contributed by atoms with E-state index < -0.39 is 0 Å². The number of likely N-dealkylation sites (tertiary alicyclic amines) is 1. The van der Waals surface area contributed by atoms with Crippen LogP contribution in [0.1, 0.15) is 36.5 Å². The molecule has 0 saturated carbocycles. The van der Waals surface area contributed by atoms with Gasteiger partial charge in [-0.05, 0) is 44.0 Å². The van der Waals surface area contributed by atoms with Gasteiger partial charge in [0.25, 0.3) is 5.91 Å². The largest absolute Gasteiger partial charge is 0.507 e. The summed E-state index contributed by atoms with van der Waals surface area (Å²) < 4.78 is 5.13. The zero-order valence-electron chi connectivity index (χ0n) is 12.8. The smallest absolute Gasteiger partial charge is 0.257 e. The Morgan fingerprint density at radius 2 is 2.33 bits per heavy atom. The molecule has 1 amide bonds. The Bertz CT molecular complexity index is 490. The number of aromatic hydroxyl groups is 1. The van der Waals surface area contributed by atoms with Crippen molar-refractivity contribution in [3.05, 3.63) is 23.8 Å². The number of carbonyl (C=O) groups is 1. The van der Waals surface area contributed by atoms with Crippen molar-refractivity contribution >= 4 is 5.91 Å². The molecule has 1 unspecified atom stereocenters. The van der Waals surface area contributed by atoms with Crippen LogP contribution >= 0.6 is 0 Å². The van der Waals surface area contributed by atoms with Gasteiger partial charge in [0.05, 0.1) is 12.7 Å². The van der Waals surface area contributed by atoms with Crippen LogP contribution in [0, 0.1) is 0 Å². The number of ether oxygens (including phenoxy) is 1. The highest BCUT2D eigenvalue weighted by molar-refractivity contribution is 5.97. The van der Waals surface area contributed by atoms with E-state index in [1.54, 1.807) is 19.2 Å². The minimum atomic E-state index is -0.130. The van der Waals surface area contributed by atoms with Gasteiger partial charge in [-0.2, -0.15) is 0 Å². The third-order valence-electron chi connectivity index (χ3n) is 3.83. The third kappa shape index (κ3) is 3.88. The van der Waals surface area contributed by atoms with E-state index in [0.717, 1.165) is 32.4 Å². The van der Waals surface area contributed by atoms with E-state index in [4.69, 9.17) is 4.74 Å². The number of methoxy groups -OCH3 is 1. The van der Waals surface area contributed by atoms with Gasteiger partial charge in [-0.3, -0.25) is 4.79 Å². The molecular formula is C16H24N2O3. The molecule has 5 nitrogen and oxygen atoms in total. The van der Waals surface area contributed by atoms with Crippen molar-refractivity contribution in [1.82, 2.24) is 10.2 Å². The number of piperidine rings is 1. The molecule has 1 aliphatic heterocycles. The fourth-order valence-corrected chi connectivity index (χ4v) is 2.66. The fraction of sp³-hybridized carbons (Fsp3) is 0.562. The summed E-state index contributed by atoms with van der Waals surface area (Å²) >= 11 is 0. The van der Waals surface area contributed by atoms with Crippen molar-refractivity contribution in [1.29, 1.82) is 0 Å². The molecule has 1 aliphatic rings. The third-order valence-corrected chi connectivity index (χ3v) is 3.83. The maximum Gasteiger partial charge on any atom is 0.257 e. The van der Waals surface area contributed by atoms with Gasteiger partial charge < -0.3 is 20.1 Å². The predicted molar refractivity (Wildman–Crippen MR) is 81.9 cm³/mol. The van der Waals surface area contributed by atoms with Gasteiger partial charge in [0.15, 0.2) is 0 Å². The van der Waals surface area contributed by atoms with Gasteiger partial charge >= 0.3 is 0 Å². The normalized spacial score (nSPS) is 18.6. The first-order valence-corrected chi connectivity index (χ1v) is 7.55. The summed E-state index contributed by atoms with van der Waals surface area (Å²) in [4.78, 5) is 14.4. The van der Waals surface area contributed by atoms with Gasteiger partial charge in [0, 0.05) is 19.1 Å². The van der Waals surface area contributed by atoms with Crippen molar-refractivity contribution in [2.75, 3.05) is 26.7 Å². The lowest BCUT2D eigenvalue weighted by molar-refractivity contribution is 0.0691. The Morgan fingerprint density at radius 3 is 3.05 bits per heavy atom. The summed E-state index contributed by atoms with van der Waals surface area (Å²) in [6.07, 6.45) is 3.16. The number of nitrogens with one attached hydrogen (secondary N) is 1. The number of nitrogens with zero attached hydrogens (tertiary/aromatic N) is 1. The van der Waals surface area contributed by atoms with E-state index in [0.29, 0.717) is 23.9 Å². The van der Waals surface area contributed by atoms with Crippen molar-refractivity contribution in [3.63, 3.8) is 0 Å². The molecule has 2 rings (SSSR count). The summed E-state index contributed by atoms with van der Waals surface area (Å²) in [5, 5.41) is 13.4. The van der Waals surface area contributed by atoms with Crippen LogP contribution in [0.25, 0.3) is 0 Å². The summed E-state index contributed by atoms with van der Waals surface area (Å²) in [5.41, 5.74) is 0.311. The molecule has 21 heavy (non-hydrogen) atoms. The van der Waals surface area contributed by atoms with Crippen molar-refractivity contribution in [2.24, 2.45) is 0 Å². The maximum absolute atomic E-state index is 12.6. The molecule has 1 aromatic carbocycles. The average molecular weight is 292 g/mol. The van der Waals surface area contributed by atoms with Crippen molar-refractivity contribution in [2.45, 2.75) is 32.2 Å². The number of amides is 1. The molecule has 1 atom stereocenters. The van der Waals surface area contributed by atoms with Gasteiger partial charge in [0.1, 0.15) is 11.5 Å². The summed E-state index contributed by atoms with van der Waals surface area (Å²) in [6.45, 7) is 4.53. The predicted octanol–water partition coefficient (Wildman–Crippen LogP) is 2.00. The van der Waals surface area contributed by atoms with Crippen LogP contribution in [0.4, 0.5) is 0 Å². The van der Waals surface area contributed by atoms with E-state index >= 15 is 0 Å². The highest BCUT2D eigenvalue weighted by Gasteiger charge is 2.25. The van der Waals surface area contributed by atoms with Gasteiger partial charge in [-0.25, -0.2) is 0 Å².